The lowest BCUT2D eigenvalue weighted by Crippen LogP contribution is -2.12. The van der Waals surface area contributed by atoms with Crippen LogP contribution in [0.25, 0.3) is 44.2 Å². The molecule has 0 saturated carbocycles. The third-order valence-electron chi connectivity index (χ3n) is 6.74. The number of hydrogen-bond acceptors (Lipinski definition) is 3. The minimum Gasteiger partial charge on any atom is -0.279 e. The van der Waals surface area contributed by atoms with E-state index in [9.17, 15) is 0 Å². The van der Waals surface area contributed by atoms with E-state index in [-0.39, 0.29) is 0 Å². The zero-order valence-electron chi connectivity index (χ0n) is 19.0. The molecule has 0 saturated heterocycles. The summed E-state index contributed by atoms with van der Waals surface area (Å²) >= 11 is 0. The normalized spacial score (nSPS) is 11.4. The van der Waals surface area contributed by atoms with Crippen molar-refractivity contribution in [1.82, 2.24) is 9.97 Å². The van der Waals surface area contributed by atoms with Gasteiger partial charge in [-0.3, -0.25) is 4.90 Å². The third-order valence-corrected chi connectivity index (χ3v) is 6.74. The molecule has 35 heavy (non-hydrogen) atoms. The topological polar surface area (TPSA) is 29.0 Å². The number of hydrogen-bond donors (Lipinski definition) is 0. The van der Waals surface area contributed by atoms with E-state index in [0.29, 0.717) is 0 Å². The summed E-state index contributed by atoms with van der Waals surface area (Å²) in [6.07, 6.45) is 3.62. The Hall–Kier alpha value is -4.76. The minimum atomic E-state index is 0.835. The standard InChI is InChI=1S/C32H21N3/c1-2-9-26-25(8-1)28-11-7-10-27-24(18-19-29(26)32(27)28)22-14-16-23(17-15-22)35(30-12-3-5-20-33-30)31-13-4-6-21-34-31/h1-21H. The van der Waals surface area contributed by atoms with Gasteiger partial charge in [-0.1, -0.05) is 78.9 Å². The van der Waals surface area contributed by atoms with Crippen LogP contribution in [0.1, 0.15) is 0 Å². The maximum absolute atomic E-state index is 4.59. The van der Waals surface area contributed by atoms with Gasteiger partial charge in [0.25, 0.3) is 0 Å². The lowest BCUT2D eigenvalue weighted by Gasteiger charge is -2.23. The molecule has 3 heteroatoms. The highest BCUT2D eigenvalue weighted by Gasteiger charge is 2.22. The third kappa shape index (κ3) is 3.13. The molecule has 0 spiro atoms. The van der Waals surface area contributed by atoms with Crippen LogP contribution in [0, 0.1) is 0 Å². The van der Waals surface area contributed by atoms with Gasteiger partial charge in [0, 0.05) is 18.1 Å². The predicted molar refractivity (Wildman–Crippen MR) is 144 cm³/mol. The average Bonchev–Trinajstić information content (AvgIpc) is 3.26. The van der Waals surface area contributed by atoms with Crippen LogP contribution in [0.5, 0.6) is 0 Å². The fraction of sp³-hybridized carbons (Fsp3) is 0. The van der Waals surface area contributed by atoms with Gasteiger partial charge in [-0.05, 0) is 80.6 Å². The van der Waals surface area contributed by atoms with Crippen molar-refractivity contribution in [3.05, 3.63) is 128 Å². The Morgan fingerprint density at radius 1 is 0.429 bits per heavy atom. The maximum atomic E-state index is 4.59. The SMILES string of the molecule is c1ccc(N(c2ccc(-c3ccc4c5c(cccc35)-c3ccccc3-4)cc2)c2ccccn2)nc1. The van der Waals surface area contributed by atoms with E-state index in [1.807, 2.05) is 48.8 Å². The molecular formula is C32H21N3. The van der Waals surface area contributed by atoms with Crippen molar-refractivity contribution in [1.29, 1.82) is 0 Å². The predicted octanol–water partition coefficient (Wildman–Crippen LogP) is 8.41. The van der Waals surface area contributed by atoms with E-state index >= 15 is 0 Å². The molecule has 0 bridgehead atoms. The van der Waals surface area contributed by atoms with Crippen LogP contribution < -0.4 is 4.90 Å². The van der Waals surface area contributed by atoms with Gasteiger partial charge in [-0.15, -0.1) is 0 Å². The summed E-state index contributed by atoms with van der Waals surface area (Å²) in [6, 6.07) is 40.4. The van der Waals surface area contributed by atoms with Crippen LogP contribution >= 0.6 is 0 Å². The van der Waals surface area contributed by atoms with Crippen LogP contribution in [0.2, 0.25) is 0 Å². The van der Waals surface area contributed by atoms with Crippen molar-refractivity contribution < 1.29 is 0 Å². The first-order valence-electron chi connectivity index (χ1n) is 11.8. The summed E-state index contributed by atoms with van der Waals surface area (Å²) < 4.78 is 0. The molecule has 1 aliphatic carbocycles. The first kappa shape index (κ1) is 19.7. The summed E-state index contributed by atoms with van der Waals surface area (Å²) in [5, 5.41) is 2.63. The van der Waals surface area contributed by atoms with Gasteiger partial charge in [-0.25, -0.2) is 9.97 Å². The first-order valence-corrected chi connectivity index (χ1v) is 11.8. The summed E-state index contributed by atoms with van der Waals surface area (Å²) in [4.78, 5) is 11.2. The number of fused-ring (bicyclic) bond motifs is 3. The molecule has 0 amide bonds. The van der Waals surface area contributed by atoms with E-state index in [0.717, 1.165) is 17.3 Å². The summed E-state index contributed by atoms with van der Waals surface area (Å²) in [5.41, 5.74) is 8.74. The number of pyridine rings is 2. The van der Waals surface area contributed by atoms with Gasteiger partial charge in [0.15, 0.2) is 0 Å². The van der Waals surface area contributed by atoms with Gasteiger partial charge in [0.05, 0.1) is 0 Å². The first-order chi connectivity index (χ1) is 17.4. The molecule has 3 nitrogen and oxygen atoms in total. The van der Waals surface area contributed by atoms with Crippen LogP contribution in [-0.4, -0.2) is 9.97 Å². The molecule has 0 unspecified atom stereocenters. The van der Waals surface area contributed by atoms with Gasteiger partial charge in [0.2, 0.25) is 0 Å². The Morgan fingerprint density at radius 3 is 1.63 bits per heavy atom. The van der Waals surface area contributed by atoms with E-state index in [4.69, 9.17) is 0 Å². The van der Waals surface area contributed by atoms with Gasteiger partial charge < -0.3 is 0 Å². The van der Waals surface area contributed by atoms with Gasteiger partial charge in [-0.2, -0.15) is 0 Å². The fourth-order valence-corrected chi connectivity index (χ4v) is 5.20. The molecule has 2 aromatic heterocycles. The fourth-order valence-electron chi connectivity index (χ4n) is 5.20. The summed E-state index contributed by atoms with van der Waals surface area (Å²) in [5.74, 6) is 1.67. The molecule has 0 radical (unpaired) electrons. The summed E-state index contributed by atoms with van der Waals surface area (Å²) in [7, 11) is 0. The Balaban J connectivity index is 1.34. The second-order valence-corrected chi connectivity index (χ2v) is 8.69. The van der Waals surface area contributed by atoms with E-state index in [2.05, 4.69) is 93.7 Å². The second kappa shape index (κ2) is 7.93. The average molecular weight is 448 g/mol. The molecule has 0 fully saturated rings. The maximum Gasteiger partial charge on any atom is 0.138 e. The Bertz CT molecular complexity index is 1610. The summed E-state index contributed by atoms with van der Waals surface area (Å²) in [6.45, 7) is 0. The van der Waals surface area contributed by atoms with Crippen LogP contribution in [0.4, 0.5) is 17.3 Å². The molecule has 7 rings (SSSR count). The number of aromatic nitrogens is 2. The lowest BCUT2D eigenvalue weighted by atomic mass is 9.94. The van der Waals surface area contributed by atoms with E-state index < -0.39 is 0 Å². The van der Waals surface area contributed by atoms with Crippen molar-refractivity contribution >= 4 is 28.1 Å². The number of rotatable bonds is 4. The molecule has 4 aromatic carbocycles. The Morgan fingerprint density at radius 2 is 1.00 bits per heavy atom. The smallest absolute Gasteiger partial charge is 0.138 e. The quantitative estimate of drug-likeness (QED) is 0.271. The Kier molecular flexibility index (Phi) is 4.46. The van der Waals surface area contributed by atoms with Crippen molar-refractivity contribution in [3.8, 4) is 33.4 Å². The van der Waals surface area contributed by atoms with E-state index in [1.165, 1.54) is 44.2 Å². The second-order valence-electron chi connectivity index (χ2n) is 8.69. The molecular weight excluding hydrogens is 426 g/mol. The van der Waals surface area contributed by atoms with Crippen molar-refractivity contribution in [2.24, 2.45) is 0 Å². The zero-order chi connectivity index (χ0) is 23.2. The molecule has 2 heterocycles. The monoisotopic (exact) mass is 447 g/mol. The van der Waals surface area contributed by atoms with Crippen LogP contribution in [0.3, 0.4) is 0 Å². The molecule has 6 aromatic rings. The van der Waals surface area contributed by atoms with Crippen molar-refractivity contribution in [2.75, 3.05) is 4.90 Å². The largest absolute Gasteiger partial charge is 0.279 e. The highest BCUT2D eigenvalue weighted by molar-refractivity contribution is 6.18. The number of benzene rings is 4. The minimum absolute atomic E-state index is 0.835. The van der Waals surface area contributed by atoms with Crippen LogP contribution in [0.15, 0.2) is 128 Å². The van der Waals surface area contributed by atoms with Crippen molar-refractivity contribution in [3.63, 3.8) is 0 Å². The van der Waals surface area contributed by atoms with E-state index in [1.54, 1.807) is 0 Å². The molecule has 1 aliphatic rings. The molecule has 0 aliphatic heterocycles. The number of anilines is 3. The lowest BCUT2D eigenvalue weighted by molar-refractivity contribution is 1.13. The highest BCUT2D eigenvalue weighted by atomic mass is 15.2. The zero-order valence-corrected chi connectivity index (χ0v) is 19.0. The molecule has 0 N–H and O–H groups in total. The van der Waals surface area contributed by atoms with Crippen LogP contribution in [-0.2, 0) is 0 Å². The van der Waals surface area contributed by atoms with Gasteiger partial charge >= 0.3 is 0 Å². The van der Waals surface area contributed by atoms with Gasteiger partial charge in [0.1, 0.15) is 11.6 Å². The number of nitrogens with zero attached hydrogens (tertiary/aromatic N) is 3. The Labute approximate surface area is 204 Å². The highest BCUT2D eigenvalue weighted by Crippen LogP contribution is 2.49. The molecule has 164 valence electrons. The molecule has 0 atom stereocenters. The van der Waals surface area contributed by atoms with Crippen molar-refractivity contribution in [2.45, 2.75) is 0 Å².